The highest BCUT2D eigenvalue weighted by molar-refractivity contribution is 6.05. The Bertz CT molecular complexity index is 1160. The zero-order valence-electron chi connectivity index (χ0n) is 20.5. The third-order valence-corrected chi connectivity index (χ3v) is 8.47. The van der Waals surface area contributed by atoms with Gasteiger partial charge in [-0.25, -0.2) is 0 Å². The predicted octanol–water partition coefficient (Wildman–Crippen LogP) is 3.63. The first-order valence-corrected chi connectivity index (χ1v) is 13.3. The minimum absolute atomic E-state index is 0.147. The average Bonchev–Trinajstić information content (AvgIpc) is 3.49. The second kappa shape index (κ2) is 9.69. The molecular formula is C29H33N3O4. The Kier molecular flexibility index (Phi) is 6.25. The van der Waals surface area contributed by atoms with Gasteiger partial charge in [-0.2, -0.15) is 0 Å². The molecule has 1 aliphatic carbocycles. The molecule has 7 heteroatoms. The topological polar surface area (TPSA) is 79.0 Å². The zero-order chi connectivity index (χ0) is 24.6. The van der Waals surface area contributed by atoms with Crippen LogP contribution in [0.2, 0.25) is 0 Å². The van der Waals surface area contributed by atoms with Gasteiger partial charge in [-0.05, 0) is 86.9 Å². The van der Waals surface area contributed by atoms with E-state index in [9.17, 15) is 14.4 Å². The van der Waals surface area contributed by atoms with Gasteiger partial charge in [-0.1, -0.05) is 30.3 Å². The quantitative estimate of drug-likeness (QED) is 0.652. The van der Waals surface area contributed by atoms with E-state index in [1.165, 1.54) is 24.8 Å². The molecule has 2 aromatic rings. The number of carbonyl (C=O) groups excluding carboxylic acids is 3. The van der Waals surface area contributed by atoms with Gasteiger partial charge in [0.2, 0.25) is 11.8 Å². The minimum atomic E-state index is -0.593. The lowest BCUT2D eigenvalue weighted by molar-refractivity contribution is -0.136. The first kappa shape index (κ1) is 23.2. The smallest absolute Gasteiger partial charge is 0.255 e. The van der Waals surface area contributed by atoms with Crippen molar-refractivity contribution in [3.63, 3.8) is 0 Å². The highest BCUT2D eigenvalue weighted by atomic mass is 16.5. The molecule has 3 fully saturated rings. The summed E-state index contributed by atoms with van der Waals surface area (Å²) < 4.78 is 6.53. The first-order valence-electron chi connectivity index (χ1n) is 13.3. The molecule has 4 aliphatic rings. The van der Waals surface area contributed by atoms with Gasteiger partial charge in [0, 0.05) is 24.6 Å². The van der Waals surface area contributed by atoms with Gasteiger partial charge >= 0.3 is 0 Å². The maximum Gasteiger partial charge on any atom is 0.255 e. The van der Waals surface area contributed by atoms with Crippen LogP contribution < -0.4 is 10.1 Å². The Labute approximate surface area is 211 Å². The maximum atomic E-state index is 13.0. The Morgan fingerprint density at radius 3 is 2.47 bits per heavy atom. The van der Waals surface area contributed by atoms with E-state index in [0.717, 1.165) is 37.2 Å². The lowest BCUT2D eigenvalue weighted by Crippen LogP contribution is -2.52. The molecule has 2 aromatic carbocycles. The third-order valence-electron chi connectivity index (χ3n) is 8.47. The molecule has 1 N–H and O–H groups in total. The van der Waals surface area contributed by atoms with Gasteiger partial charge in [-0.15, -0.1) is 0 Å². The Morgan fingerprint density at radius 1 is 0.889 bits per heavy atom. The molecule has 0 aromatic heterocycles. The summed E-state index contributed by atoms with van der Waals surface area (Å²) >= 11 is 0. The van der Waals surface area contributed by atoms with Crippen molar-refractivity contribution < 1.29 is 19.1 Å². The van der Waals surface area contributed by atoms with Crippen molar-refractivity contribution in [3.05, 3.63) is 65.2 Å². The number of piperidine rings is 2. The fourth-order valence-corrected chi connectivity index (χ4v) is 6.55. The van der Waals surface area contributed by atoms with Crippen LogP contribution in [0.4, 0.5) is 0 Å². The van der Waals surface area contributed by atoms with Crippen LogP contribution in [0, 0.1) is 0 Å². The number of amides is 3. The van der Waals surface area contributed by atoms with Crippen molar-refractivity contribution >= 4 is 17.7 Å². The minimum Gasteiger partial charge on any atom is -0.489 e. The lowest BCUT2D eigenvalue weighted by atomic mass is 9.88. The second-order valence-electron chi connectivity index (χ2n) is 10.6. The van der Waals surface area contributed by atoms with Crippen LogP contribution in [-0.4, -0.2) is 58.8 Å². The maximum absolute atomic E-state index is 13.0. The van der Waals surface area contributed by atoms with Crippen molar-refractivity contribution in [2.75, 3.05) is 13.1 Å². The van der Waals surface area contributed by atoms with Gasteiger partial charge in [0.25, 0.3) is 5.91 Å². The normalized spacial score (nSPS) is 27.3. The fourth-order valence-electron chi connectivity index (χ4n) is 6.55. The van der Waals surface area contributed by atoms with Gasteiger partial charge < -0.3 is 9.64 Å². The molecule has 3 atom stereocenters. The number of likely N-dealkylation sites (tertiary alicyclic amines) is 1. The number of ether oxygens (including phenoxy) is 1. The summed E-state index contributed by atoms with van der Waals surface area (Å²) in [6.45, 7) is 2.58. The molecular weight excluding hydrogens is 454 g/mol. The third kappa shape index (κ3) is 4.41. The summed E-state index contributed by atoms with van der Waals surface area (Å²) in [5.41, 5.74) is 2.97. The number of fused-ring (bicyclic) bond motifs is 1. The number of nitrogens with one attached hydrogen (secondary N) is 1. The standard InChI is InChI=1S/C29H33N3O4/c33-27-12-11-25(28(34)30-27)32-18-21-17-22(9-10-23(21)29(32)35)36-26-8-4-7-24(26)31-15-13-20(14-16-31)19-5-2-1-3-6-19/h1-3,5-6,9-10,17,20,24-26H,4,7-8,11-16,18H2,(H,30,33,34)/t24-,25?,26-/m1/s1. The molecule has 0 spiro atoms. The van der Waals surface area contributed by atoms with E-state index >= 15 is 0 Å². The number of imide groups is 1. The Morgan fingerprint density at radius 2 is 1.69 bits per heavy atom. The summed E-state index contributed by atoms with van der Waals surface area (Å²) in [4.78, 5) is 41.0. The summed E-state index contributed by atoms with van der Waals surface area (Å²) in [6.07, 6.45) is 6.53. The number of rotatable bonds is 5. The summed E-state index contributed by atoms with van der Waals surface area (Å²) in [7, 11) is 0. The first-order chi connectivity index (χ1) is 17.6. The summed E-state index contributed by atoms with van der Waals surface area (Å²) in [6, 6.07) is 16.4. The van der Waals surface area contributed by atoms with Crippen LogP contribution in [0.25, 0.3) is 0 Å². The number of nitrogens with zero attached hydrogens (tertiary/aromatic N) is 2. The lowest BCUT2D eigenvalue weighted by Gasteiger charge is -2.38. The fraction of sp³-hybridized carbons (Fsp3) is 0.483. The second-order valence-corrected chi connectivity index (χ2v) is 10.6. The van der Waals surface area contributed by atoms with Crippen molar-refractivity contribution in [3.8, 4) is 5.75 Å². The van der Waals surface area contributed by atoms with E-state index < -0.39 is 6.04 Å². The van der Waals surface area contributed by atoms with E-state index in [1.54, 1.807) is 4.90 Å². The van der Waals surface area contributed by atoms with Crippen molar-refractivity contribution in [2.24, 2.45) is 0 Å². The van der Waals surface area contributed by atoms with Crippen molar-refractivity contribution in [1.29, 1.82) is 0 Å². The molecule has 1 saturated carbocycles. The monoisotopic (exact) mass is 487 g/mol. The van der Waals surface area contributed by atoms with Crippen LogP contribution in [0.1, 0.15) is 72.3 Å². The molecule has 3 amide bonds. The van der Waals surface area contributed by atoms with Crippen LogP contribution in [0.3, 0.4) is 0 Å². The molecule has 188 valence electrons. The zero-order valence-corrected chi connectivity index (χ0v) is 20.5. The molecule has 3 aliphatic heterocycles. The molecule has 6 rings (SSSR count). The van der Waals surface area contributed by atoms with Gasteiger partial charge in [-0.3, -0.25) is 24.6 Å². The Balaban J connectivity index is 1.09. The van der Waals surface area contributed by atoms with E-state index in [-0.39, 0.29) is 30.2 Å². The number of benzene rings is 2. The summed E-state index contributed by atoms with van der Waals surface area (Å²) in [5.74, 6) is 0.638. The molecule has 3 heterocycles. The summed E-state index contributed by atoms with van der Waals surface area (Å²) in [5, 5.41) is 2.36. The van der Waals surface area contributed by atoms with Crippen LogP contribution in [0.5, 0.6) is 5.75 Å². The van der Waals surface area contributed by atoms with Crippen LogP contribution in [-0.2, 0) is 16.1 Å². The number of carbonyl (C=O) groups is 3. The van der Waals surface area contributed by atoms with Gasteiger partial charge in [0.15, 0.2) is 0 Å². The van der Waals surface area contributed by atoms with Crippen LogP contribution in [0.15, 0.2) is 48.5 Å². The van der Waals surface area contributed by atoms with E-state index in [0.29, 0.717) is 30.5 Å². The van der Waals surface area contributed by atoms with Gasteiger partial charge in [0.05, 0.1) is 0 Å². The molecule has 0 radical (unpaired) electrons. The number of hydrogen-bond donors (Lipinski definition) is 1. The van der Waals surface area contributed by atoms with Gasteiger partial charge in [0.1, 0.15) is 17.9 Å². The van der Waals surface area contributed by atoms with Crippen LogP contribution >= 0.6 is 0 Å². The van der Waals surface area contributed by atoms with E-state index in [4.69, 9.17) is 4.74 Å². The molecule has 7 nitrogen and oxygen atoms in total. The molecule has 1 unspecified atom stereocenters. The number of hydrogen-bond acceptors (Lipinski definition) is 5. The van der Waals surface area contributed by atoms with E-state index in [2.05, 4.69) is 40.5 Å². The SMILES string of the molecule is O=C1CCC(N2Cc3cc(O[C@@H]4CCC[C@H]4N4CCC(c5ccccc5)CC4)ccc3C2=O)C(=O)N1. The highest BCUT2D eigenvalue weighted by Gasteiger charge is 2.40. The average molecular weight is 488 g/mol. The molecule has 36 heavy (non-hydrogen) atoms. The van der Waals surface area contributed by atoms with Crippen molar-refractivity contribution in [2.45, 2.75) is 75.6 Å². The van der Waals surface area contributed by atoms with E-state index in [1.807, 2.05) is 18.2 Å². The van der Waals surface area contributed by atoms with Crippen molar-refractivity contribution in [1.82, 2.24) is 15.1 Å². The highest BCUT2D eigenvalue weighted by Crippen LogP contribution is 2.36. The predicted molar refractivity (Wildman–Crippen MR) is 135 cm³/mol. The molecule has 2 saturated heterocycles. The Hall–Kier alpha value is -3.19. The largest absolute Gasteiger partial charge is 0.489 e. The molecule has 0 bridgehead atoms.